The van der Waals surface area contributed by atoms with E-state index < -0.39 is 0 Å². The zero-order valence-corrected chi connectivity index (χ0v) is 27.4. The molecule has 0 amide bonds. The van der Waals surface area contributed by atoms with Crippen molar-refractivity contribution >= 4 is 43.6 Å². The average molecular weight is 637 g/mol. The van der Waals surface area contributed by atoms with Crippen LogP contribution in [0.15, 0.2) is 194 Å². The fourth-order valence-electron chi connectivity index (χ4n) is 7.90. The normalized spacial score (nSPS) is 11.6. The molecule has 0 atom stereocenters. The third-order valence-corrected chi connectivity index (χ3v) is 10.1. The van der Waals surface area contributed by atoms with E-state index in [0.717, 1.165) is 0 Å². The first kappa shape index (κ1) is 28.4. The fraction of sp³-hybridized carbons (Fsp3) is 0. The Labute approximate surface area is 290 Å². The summed E-state index contributed by atoms with van der Waals surface area (Å²) in [6.45, 7) is 0. The zero-order valence-electron chi connectivity index (χ0n) is 27.4. The van der Waals surface area contributed by atoms with Gasteiger partial charge in [-0.25, -0.2) is 0 Å². The number of para-hydroxylation sites is 3. The van der Waals surface area contributed by atoms with Gasteiger partial charge in [0.25, 0.3) is 0 Å². The lowest BCUT2D eigenvalue weighted by Gasteiger charge is -2.16. The lowest BCUT2D eigenvalue weighted by Crippen LogP contribution is -1.98. The van der Waals surface area contributed by atoms with Crippen LogP contribution in [-0.4, -0.2) is 9.13 Å². The van der Waals surface area contributed by atoms with Crippen molar-refractivity contribution in [2.45, 2.75) is 0 Å². The van der Waals surface area contributed by atoms with Gasteiger partial charge in [-0.15, -0.1) is 0 Å². The summed E-state index contributed by atoms with van der Waals surface area (Å²) in [5, 5.41) is 5.02. The molecule has 0 saturated carbocycles. The van der Waals surface area contributed by atoms with Crippen LogP contribution in [0.3, 0.4) is 0 Å². The SMILES string of the molecule is c1ccc(-c2ccc(-c3ccccc3)c(-n3c4ccccc4c4cc(-c5cccc6c5c5ccccc5n6-c5ccccc5)ccc43)c2)cc1. The Morgan fingerprint density at radius 1 is 0.280 bits per heavy atom. The molecule has 0 saturated heterocycles. The van der Waals surface area contributed by atoms with E-state index in [4.69, 9.17) is 0 Å². The summed E-state index contributed by atoms with van der Waals surface area (Å²) < 4.78 is 4.86. The van der Waals surface area contributed by atoms with E-state index in [9.17, 15) is 0 Å². The highest BCUT2D eigenvalue weighted by molar-refractivity contribution is 6.17. The van der Waals surface area contributed by atoms with Crippen LogP contribution in [0.1, 0.15) is 0 Å². The van der Waals surface area contributed by atoms with Crippen molar-refractivity contribution in [1.29, 1.82) is 0 Å². The summed E-state index contributed by atoms with van der Waals surface area (Å²) in [5.74, 6) is 0. The Balaban J connectivity index is 1.24. The quantitative estimate of drug-likeness (QED) is 0.178. The average Bonchev–Trinajstić information content (AvgIpc) is 3.71. The highest BCUT2D eigenvalue weighted by Crippen LogP contribution is 2.42. The molecule has 2 aromatic heterocycles. The van der Waals surface area contributed by atoms with Crippen molar-refractivity contribution in [2.24, 2.45) is 0 Å². The minimum Gasteiger partial charge on any atom is -0.309 e. The van der Waals surface area contributed by atoms with Crippen molar-refractivity contribution in [3.63, 3.8) is 0 Å². The van der Waals surface area contributed by atoms with Gasteiger partial charge in [0, 0.05) is 32.8 Å². The molecule has 234 valence electrons. The van der Waals surface area contributed by atoms with E-state index in [1.54, 1.807) is 0 Å². The molecule has 0 spiro atoms. The van der Waals surface area contributed by atoms with Gasteiger partial charge in [0.15, 0.2) is 0 Å². The van der Waals surface area contributed by atoms with E-state index in [1.165, 1.54) is 88.4 Å². The number of hydrogen-bond acceptors (Lipinski definition) is 0. The first-order valence-corrected chi connectivity index (χ1v) is 17.2. The van der Waals surface area contributed by atoms with Gasteiger partial charge in [-0.1, -0.05) is 146 Å². The van der Waals surface area contributed by atoms with Gasteiger partial charge in [-0.2, -0.15) is 0 Å². The molecule has 50 heavy (non-hydrogen) atoms. The third kappa shape index (κ3) is 4.43. The van der Waals surface area contributed by atoms with Crippen LogP contribution in [0.25, 0.3) is 88.4 Å². The smallest absolute Gasteiger partial charge is 0.0547 e. The summed E-state index contributed by atoms with van der Waals surface area (Å²) in [4.78, 5) is 0. The molecule has 10 aromatic rings. The highest BCUT2D eigenvalue weighted by atomic mass is 15.0. The monoisotopic (exact) mass is 636 g/mol. The Kier molecular flexibility index (Phi) is 6.53. The number of hydrogen-bond donors (Lipinski definition) is 0. The summed E-state index contributed by atoms with van der Waals surface area (Å²) in [7, 11) is 0. The molecule has 0 N–H and O–H groups in total. The molecule has 0 aliphatic rings. The molecule has 0 unspecified atom stereocenters. The maximum atomic E-state index is 2.46. The Morgan fingerprint density at radius 2 is 0.860 bits per heavy atom. The number of rotatable bonds is 5. The van der Waals surface area contributed by atoms with Crippen molar-refractivity contribution in [3.8, 4) is 44.8 Å². The number of benzene rings is 8. The van der Waals surface area contributed by atoms with E-state index in [1.807, 2.05) is 0 Å². The van der Waals surface area contributed by atoms with Gasteiger partial charge in [0.05, 0.1) is 27.8 Å². The molecule has 0 radical (unpaired) electrons. The van der Waals surface area contributed by atoms with Crippen LogP contribution in [0, 0.1) is 0 Å². The zero-order chi connectivity index (χ0) is 33.0. The lowest BCUT2D eigenvalue weighted by atomic mass is 9.97. The van der Waals surface area contributed by atoms with Gasteiger partial charge >= 0.3 is 0 Å². The van der Waals surface area contributed by atoms with Crippen LogP contribution in [-0.2, 0) is 0 Å². The molecule has 0 aliphatic carbocycles. The van der Waals surface area contributed by atoms with E-state index >= 15 is 0 Å². The lowest BCUT2D eigenvalue weighted by molar-refractivity contribution is 1.18. The number of aromatic nitrogens is 2. The Hall–Kier alpha value is -6.64. The van der Waals surface area contributed by atoms with E-state index in [0.29, 0.717) is 0 Å². The molecule has 0 aliphatic heterocycles. The van der Waals surface area contributed by atoms with Crippen LogP contribution >= 0.6 is 0 Å². The fourth-order valence-corrected chi connectivity index (χ4v) is 7.90. The number of fused-ring (bicyclic) bond motifs is 6. The second-order valence-electron chi connectivity index (χ2n) is 12.9. The highest BCUT2D eigenvalue weighted by Gasteiger charge is 2.20. The molecule has 2 heterocycles. The van der Waals surface area contributed by atoms with Crippen LogP contribution in [0.2, 0.25) is 0 Å². The van der Waals surface area contributed by atoms with Gasteiger partial charge in [0.1, 0.15) is 0 Å². The molecule has 0 fully saturated rings. The summed E-state index contributed by atoms with van der Waals surface area (Å²) in [6, 6.07) is 70.4. The van der Waals surface area contributed by atoms with Crippen molar-refractivity contribution in [1.82, 2.24) is 9.13 Å². The molecule has 0 bridgehead atoms. The standard InChI is InChI=1S/C48H32N2/c1-4-15-33(16-5-1)35-27-29-38(34-17-6-2-7-18-34)47(32-35)50-43-24-12-10-21-40(43)42-31-36(28-30-45(42)50)39-23-14-26-46-48(39)41-22-11-13-25-44(41)49(46)37-19-8-3-9-20-37/h1-32H. The molecule has 2 heteroatoms. The molecule has 10 rings (SSSR count). The van der Waals surface area contributed by atoms with Gasteiger partial charge in [-0.05, 0) is 76.3 Å². The minimum atomic E-state index is 1.17. The second kappa shape index (κ2) is 11.5. The molecule has 8 aromatic carbocycles. The van der Waals surface area contributed by atoms with E-state index in [-0.39, 0.29) is 0 Å². The predicted molar refractivity (Wildman–Crippen MR) is 211 cm³/mol. The largest absolute Gasteiger partial charge is 0.309 e. The van der Waals surface area contributed by atoms with Crippen LogP contribution < -0.4 is 0 Å². The first-order chi connectivity index (χ1) is 24.8. The predicted octanol–water partition coefficient (Wildman–Crippen LogP) is 12.9. The van der Waals surface area contributed by atoms with Gasteiger partial charge in [-0.3, -0.25) is 0 Å². The topological polar surface area (TPSA) is 9.86 Å². The summed E-state index contributed by atoms with van der Waals surface area (Å²) in [6.07, 6.45) is 0. The minimum absolute atomic E-state index is 1.17. The van der Waals surface area contributed by atoms with Crippen molar-refractivity contribution in [2.75, 3.05) is 0 Å². The summed E-state index contributed by atoms with van der Waals surface area (Å²) >= 11 is 0. The third-order valence-electron chi connectivity index (χ3n) is 10.1. The molecular formula is C48H32N2. The maximum absolute atomic E-state index is 2.46. The second-order valence-corrected chi connectivity index (χ2v) is 12.9. The van der Waals surface area contributed by atoms with Gasteiger partial charge in [0.2, 0.25) is 0 Å². The summed E-state index contributed by atoms with van der Waals surface area (Å²) in [5.41, 5.74) is 14.4. The van der Waals surface area contributed by atoms with Crippen LogP contribution in [0.4, 0.5) is 0 Å². The molecule has 2 nitrogen and oxygen atoms in total. The van der Waals surface area contributed by atoms with Crippen molar-refractivity contribution in [3.05, 3.63) is 194 Å². The van der Waals surface area contributed by atoms with Crippen LogP contribution in [0.5, 0.6) is 0 Å². The Bertz CT molecular complexity index is 2840. The van der Waals surface area contributed by atoms with Gasteiger partial charge < -0.3 is 9.13 Å². The molecular weight excluding hydrogens is 605 g/mol. The maximum Gasteiger partial charge on any atom is 0.0547 e. The Morgan fingerprint density at radius 3 is 1.62 bits per heavy atom. The van der Waals surface area contributed by atoms with E-state index in [2.05, 4.69) is 203 Å². The number of nitrogens with zero attached hydrogens (tertiary/aromatic N) is 2. The first-order valence-electron chi connectivity index (χ1n) is 17.2. The van der Waals surface area contributed by atoms with Crippen molar-refractivity contribution < 1.29 is 0 Å².